The van der Waals surface area contributed by atoms with Crippen molar-refractivity contribution < 1.29 is 5.11 Å². The molecule has 0 amide bonds. The predicted octanol–water partition coefficient (Wildman–Crippen LogP) is 0.994. The maximum atomic E-state index is 9.62. The summed E-state index contributed by atoms with van der Waals surface area (Å²) in [6, 6.07) is 1.50. The molecule has 68 valence electrons. The van der Waals surface area contributed by atoms with Crippen LogP contribution in [0, 0.1) is 5.92 Å². The van der Waals surface area contributed by atoms with Crippen LogP contribution < -0.4 is 0 Å². The van der Waals surface area contributed by atoms with E-state index in [9.17, 15) is 5.11 Å². The van der Waals surface area contributed by atoms with Crippen LogP contribution in [-0.2, 0) is 0 Å². The standard InChI is InChI=1S/C10H17NO/c12-9-5-8-4-7-2-1-3-11(8)10(7)6-9/h7-10,12H,1-6H2/t7-,8-,9-,10+/m0/s1. The van der Waals surface area contributed by atoms with Crippen molar-refractivity contribution in [2.24, 2.45) is 5.92 Å². The summed E-state index contributed by atoms with van der Waals surface area (Å²) < 4.78 is 0. The monoisotopic (exact) mass is 167 g/mol. The van der Waals surface area contributed by atoms with Crippen LogP contribution in [0.1, 0.15) is 32.1 Å². The summed E-state index contributed by atoms with van der Waals surface area (Å²) in [6.45, 7) is 1.30. The topological polar surface area (TPSA) is 23.5 Å². The van der Waals surface area contributed by atoms with Gasteiger partial charge in [0.05, 0.1) is 6.10 Å². The van der Waals surface area contributed by atoms with Crippen molar-refractivity contribution in [3.8, 4) is 0 Å². The first-order chi connectivity index (χ1) is 5.84. The maximum absolute atomic E-state index is 9.62. The van der Waals surface area contributed by atoms with Gasteiger partial charge in [-0.3, -0.25) is 4.90 Å². The molecule has 1 N–H and O–H groups in total. The minimum atomic E-state index is 0.0133. The average Bonchev–Trinajstić information content (AvgIpc) is 2.26. The molecule has 2 nitrogen and oxygen atoms in total. The summed E-state index contributed by atoms with van der Waals surface area (Å²) in [5.74, 6) is 0.931. The van der Waals surface area contributed by atoms with Crippen molar-refractivity contribution in [3.63, 3.8) is 0 Å². The Balaban J connectivity index is 1.87. The van der Waals surface area contributed by atoms with Crippen molar-refractivity contribution >= 4 is 0 Å². The van der Waals surface area contributed by atoms with Crippen molar-refractivity contribution in [2.75, 3.05) is 6.54 Å². The van der Waals surface area contributed by atoms with Gasteiger partial charge in [0.1, 0.15) is 0 Å². The highest BCUT2D eigenvalue weighted by atomic mass is 16.3. The van der Waals surface area contributed by atoms with Crippen LogP contribution in [0.5, 0.6) is 0 Å². The Kier molecular flexibility index (Phi) is 1.50. The van der Waals surface area contributed by atoms with E-state index in [1.165, 1.54) is 25.8 Å². The van der Waals surface area contributed by atoms with Crippen LogP contribution in [-0.4, -0.2) is 34.7 Å². The molecule has 3 aliphatic heterocycles. The molecule has 3 saturated heterocycles. The Bertz CT molecular complexity index is 194. The van der Waals surface area contributed by atoms with E-state index in [4.69, 9.17) is 0 Å². The Morgan fingerprint density at radius 1 is 1.17 bits per heavy atom. The van der Waals surface area contributed by atoms with Gasteiger partial charge in [-0.15, -0.1) is 0 Å². The van der Waals surface area contributed by atoms with Crippen molar-refractivity contribution in [1.29, 1.82) is 0 Å². The van der Waals surface area contributed by atoms with Crippen molar-refractivity contribution in [1.82, 2.24) is 4.90 Å². The lowest BCUT2D eigenvalue weighted by molar-refractivity contribution is 0.0169. The number of piperidine rings is 2. The zero-order valence-electron chi connectivity index (χ0n) is 7.45. The molecule has 0 aliphatic carbocycles. The van der Waals surface area contributed by atoms with Gasteiger partial charge in [0.15, 0.2) is 0 Å². The third-order valence-corrected chi connectivity index (χ3v) is 4.06. The summed E-state index contributed by atoms with van der Waals surface area (Å²) in [6.07, 6.45) is 6.31. The van der Waals surface area contributed by atoms with E-state index in [-0.39, 0.29) is 6.10 Å². The third-order valence-electron chi connectivity index (χ3n) is 4.06. The smallest absolute Gasteiger partial charge is 0.0570 e. The fourth-order valence-electron chi connectivity index (χ4n) is 3.63. The highest BCUT2D eigenvalue weighted by molar-refractivity contribution is 5.02. The molecule has 0 saturated carbocycles. The second-order valence-corrected chi connectivity index (χ2v) is 4.72. The molecule has 0 aromatic rings. The number of rotatable bonds is 0. The lowest BCUT2D eigenvalue weighted by atomic mass is 9.89. The van der Waals surface area contributed by atoms with Crippen molar-refractivity contribution in [2.45, 2.75) is 50.3 Å². The summed E-state index contributed by atoms with van der Waals surface area (Å²) in [5, 5.41) is 9.62. The minimum Gasteiger partial charge on any atom is -0.393 e. The molecular weight excluding hydrogens is 150 g/mol. The van der Waals surface area contributed by atoms with E-state index < -0.39 is 0 Å². The van der Waals surface area contributed by atoms with Gasteiger partial charge in [0, 0.05) is 12.1 Å². The Labute approximate surface area is 73.6 Å². The molecule has 0 radical (unpaired) electrons. The molecule has 3 aliphatic rings. The van der Waals surface area contributed by atoms with Gasteiger partial charge >= 0.3 is 0 Å². The molecule has 2 heteroatoms. The third kappa shape index (κ3) is 0.882. The molecule has 3 heterocycles. The normalized spacial score (nSPS) is 57.2. The van der Waals surface area contributed by atoms with Gasteiger partial charge in [-0.2, -0.15) is 0 Å². The van der Waals surface area contributed by atoms with Crippen LogP contribution in [0.2, 0.25) is 0 Å². The number of aliphatic hydroxyl groups excluding tert-OH is 1. The van der Waals surface area contributed by atoms with E-state index in [0.717, 1.165) is 30.8 Å². The Morgan fingerprint density at radius 2 is 2.08 bits per heavy atom. The van der Waals surface area contributed by atoms with Gasteiger partial charge in [0.25, 0.3) is 0 Å². The molecule has 1 unspecified atom stereocenters. The first-order valence-corrected chi connectivity index (χ1v) is 5.28. The molecule has 0 aromatic carbocycles. The molecular formula is C10H17NO. The lowest BCUT2D eigenvalue weighted by Crippen LogP contribution is -2.47. The van der Waals surface area contributed by atoms with Gasteiger partial charge in [-0.25, -0.2) is 0 Å². The van der Waals surface area contributed by atoms with Crippen LogP contribution in [0.4, 0.5) is 0 Å². The highest BCUT2D eigenvalue weighted by Gasteiger charge is 2.47. The molecule has 3 rings (SSSR count). The van der Waals surface area contributed by atoms with Gasteiger partial charge < -0.3 is 5.11 Å². The van der Waals surface area contributed by atoms with Crippen molar-refractivity contribution in [3.05, 3.63) is 0 Å². The fraction of sp³-hybridized carbons (Fsp3) is 1.00. The molecule has 3 fully saturated rings. The SMILES string of the molecule is O[C@H]1C[C@@H]2C[C@@H]3CCCN2[C@@H]3C1. The van der Waals surface area contributed by atoms with Crippen LogP contribution in [0.15, 0.2) is 0 Å². The van der Waals surface area contributed by atoms with E-state index in [0.29, 0.717) is 0 Å². The number of aliphatic hydroxyl groups is 1. The number of hydrogen-bond donors (Lipinski definition) is 1. The van der Waals surface area contributed by atoms with E-state index >= 15 is 0 Å². The maximum Gasteiger partial charge on any atom is 0.0570 e. The molecule has 12 heavy (non-hydrogen) atoms. The first kappa shape index (κ1) is 7.34. The molecule has 4 bridgehead atoms. The number of nitrogens with zero attached hydrogens (tertiary/aromatic N) is 1. The molecule has 0 aromatic heterocycles. The van der Waals surface area contributed by atoms with Crippen LogP contribution in [0.3, 0.4) is 0 Å². The van der Waals surface area contributed by atoms with E-state index in [1.54, 1.807) is 0 Å². The van der Waals surface area contributed by atoms with Crippen LogP contribution >= 0.6 is 0 Å². The second-order valence-electron chi connectivity index (χ2n) is 4.72. The van der Waals surface area contributed by atoms with E-state index in [2.05, 4.69) is 4.90 Å². The minimum absolute atomic E-state index is 0.0133. The van der Waals surface area contributed by atoms with Gasteiger partial charge in [-0.05, 0) is 44.6 Å². The lowest BCUT2D eigenvalue weighted by Gasteiger charge is -2.40. The predicted molar refractivity (Wildman–Crippen MR) is 46.9 cm³/mol. The quantitative estimate of drug-likeness (QED) is 0.581. The highest BCUT2D eigenvalue weighted by Crippen LogP contribution is 2.44. The fourth-order valence-corrected chi connectivity index (χ4v) is 3.63. The zero-order valence-corrected chi connectivity index (χ0v) is 7.45. The van der Waals surface area contributed by atoms with E-state index in [1.807, 2.05) is 0 Å². The molecule has 0 spiro atoms. The second kappa shape index (κ2) is 2.46. The number of hydrogen-bond acceptors (Lipinski definition) is 2. The van der Waals surface area contributed by atoms with Gasteiger partial charge in [-0.1, -0.05) is 0 Å². The average molecular weight is 167 g/mol. The summed E-state index contributed by atoms with van der Waals surface area (Å²) >= 11 is 0. The Hall–Kier alpha value is -0.0800. The van der Waals surface area contributed by atoms with Gasteiger partial charge in [0.2, 0.25) is 0 Å². The molecule has 5 atom stereocenters. The van der Waals surface area contributed by atoms with Crippen LogP contribution in [0.25, 0.3) is 0 Å². The Morgan fingerprint density at radius 3 is 3.00 bits per heavy atom. The first-order valence-electron chi connectivity index (χ1n) is 5.28. The summed E-state index contributed by atoms with van der Waals surface area (Å²) in [4.78, 5) is 2.67. The summed E-state index contributed by atoms with van der Waals surface area (Å²) in [7, 11) is 0. The summed E-state index contributed by atoms with van der Waals surface area (Å²) in [5.41, 5.74) is 0. The zero-order chi connectivity index (χ0) is 8.13. The largest absolute Gasteiger partial charge is 0.393 e.